The number of hydrogen-bond donors (Lipinski definition) is 0. The van der Waals surface area contributed by atoms with E-state index in [4.69, 9.17) is 8.22 Å². The summed E-state index contributed by atoms with van der Waals surface area (Å²) in [7, 11) is 0. The Morgan fingerprint density at radius 3 is 1.71 bits per heavy atom. The number of para-hydroxylation sites is 1. The molecule has 0 radical (unpaired) electrons. The maximum atomic E-state index is 9.67. The maximum absolute atomic E-state index is 9.67. The van der Waals surface area contributed by atoms with Crippen LogP contribution in [0.4, 0.5) is 51.2 Å². The van der Waals surface area contributed by atoms with Gasteiger partial charge in [-0.05, 0) is 156 Å². The summed E-state index contributed by atoms with van der Waals surface area (Å²) in [5, 5.41) is 0. The quantitative estimate of drug-likeness (QED) is 0.154. The first kappa shape index (κ1) is 36.4. The molecule has 0 bridgehead atoms. The van der Waals surface area contributed by atoms with Crippen molar-refractivity contribution in [1.82, 2.24) is 0 Å². The fraction of sp³-hybridized carbons (Fsp3) is 0.217. The molecule has 2 aliphatic heterocycles. The Labute approximate surface area is 448 Å². The van der Waals surface area contributed by atoms with E-state index in [0.29, 0.717) is 5.69 Å². The minimum absolute atomic E-state index is 0.0543. The van der Waals surface area contributed by atoms with Crippen LogP contribution in [0.5, 0.6) is 0 Å². The van der Waals surface area contributed by atoms with Crippen molar-refractivity contribution in [2.45, 2.75) is 97.8 Å². The summed E-state index contributed by atoms with van der Waals surface area (Å²) in [6.07, 6.45) is 0. The molecule has 0 saturated carbocycles. The van der Waals surface area contributed by atoms with Crippen LogP contribution in [0.2, 0.25) is 0 Å². The molecule has 3 aliphatic rings. The lowest BCUT2D eigenvalue weighted by Gasteiger charge is -2.45. The van der Waals surface area contributed by atoms with E-state index in [1.165, 1.54) is 27.8 Å². The first-order chi connectivity index (χ1) is 39.0. The third kappa shape index (κ3) is 7.63. The van der Waals surface area contributed by atoms with Gasteiger partial charge in [0.1, 0.15) is 0 Å². The molecule has 0 fully saturated rings. The highest BCUT2D eigenvalue weighted by Crippen LogP contribution is 2.53. The number of anilines is 9. The van der Waals surface area contributed by atoms with Crippen molar-refractivity contribution in [3.8, 4) is 22.3 Å². The molecule has 1 aliphatic carbocycles. The van der Waals surface area contributed by atoms with Crippen LogP contribution in [0.3, 0.4) is 0 Å². The lowest BCUT2D eigenvalue weighted by molar-refractivity contribution is 0.590. The van der Waals surface area contributed by atoms with Gasteiger partial charge in [0.15, 0.2) is 0 Å². The highest BCUT2D eigenvalue weighted by Gasteiger charge is 2.45. The van der Waals surface area contributed by atoms with E-state index < -0.39 is 65.8 Å². The summed E-state index contributed by atoms with van der Waals surface area (Å²) in [4.78, 5) is 6.34. The number of rotatable bonds is 6. The van der Waals surface area contributed by atoms with Gasteiger partial charge in [0.25, 0.3) is 6.71 Å². The zero-order chi connectivity index (χ0) is 59.5. The highest BCUT2D eigenvalue weighted by atomic mass is 15.2. The molecule has 2 heterocycles. The summed E-state index contributed by atoms with van der Waals surface area (Å²) in [6.45, 7) is 23.7. The van der Waals surface area contributed by atoms with E-state index >= 15 is 0 Å². The van der Waals surface area contributed by atoms with Gasteiger partial charge in [0.2, 0.25) is 0 Å². The summed E-state index contributed by atoms with van der Waals surface area (Å²) in [6, 6.07) is 44.1. The Morgan fingerprint density at radius 2 is 1.03 bits per heavy atom. The normalized spacial score (nSPS) is 16.2. The van der Waals surface area contributed by atoms with Gasteiger partial charge in [0, 0.05) is 56.5 Å². The molecule has 3 nitrogen and oxygen atoms in total. The number of benzene rings is 9. The second kappa shape index (κ2) is 16.8. The molecule has 0 saturated heterocycles. The average Bonchev–Trinajstić information content (AvgIpc) is 0.958. The molecule has 0 N–H and O–H groups in total. The van der Waals surface area contributed by atoms with Crippen LogP contribution >= 0.6 is 0 Å². The lowest BCUT2D eigenvalue weighted by Crippen LogP contribution is -2.61. The number of nitrogens with zero attached hydrogens (tertiary/aromatic N) is 3. The van der Waals surface area contributed by atoms with Crippen molar-refractivity contribution in [3.63, 3.8) is 0 Å². The standard InChI is InChI=1S/C69H66BN3/c1-66(2,3)46-29-33-50(34-30-46)72-61-40-32-48(68(7,8)9)42-59(61)70-58-38-36-52(71(49-23-16-13-17-24-49)60-39-31-47(67(4,5)6)41-55(60)45-21-14-12-15-22-45)44-64(58)73(63-28-20-27-62(72)65(63)70)51-35-37-54-53-25-18-19-26-56(53)69(10,11)57(54)43-51/h12-44H,1-11H3/i12D,13D,14D,15D,16D,17D,21D,22D,23D,24D. The van der Waals surface area contributed by atoms with Crippen LogP contribution in [0.1, 0.15) is 118 Å². The largest absolute Gasteiger partial charge is 0.311 e. The molecule has 0 spiro atoms. The molecule has 360 valence electrons. The van der Waals surface area contributed by atoms with Crippen molar-refractivity contribution < 1.29 is 13.7 Å². The predicted molar refractivity (Wildman–Crippen MR) is 314 cm³/mol. The van der Waals surface area contributed by atoms with Gasteiger partial charge in [-0.1, -0.05) is 197 Å². The van der Waals surface area contributed by atoms with E-state index in [1.54, 1.807) is 11.0 Å². The van der Waals surface area contributed by atoms with Gasteiger partial charge in [-0.3, -0.25) is 0 Å². The summed E-state index contributed by atoms with van der Waals surface area (Å²) in [5.41, 5.74) is 16.4. The second-order valence-corrected chi connectivity index (χ2v) is 23.6. The van der Waals surface area contributed by atoms with Crippen molar-refractivity contribution in [2.75, 3.05) is 14.7 Å². The van der Waals surface area contributed by atoms with Crippen LogP contribution in [0.15, 0.2) is 200 Å². The molecule has 73 heavy (non-hydrogen) atoms. The van der Waals surface area contributed by atoms with E-state index in [2.05, 4.69) is 174 Å². The molecule has 0 unspecified atom stereocenters. The smallest absolute Gasteiger partial charge is 0.252 e. The molecular formula is C69H66BN3. The van der Waals surface area contributed by atoms with E-state index in [9.17, 15) is 5.48 Å². The topological polar surface area (TPSA) is 9.72 Å². The highest BCUT2D eigenvalue weighted by molar-refractivity contribution is 7.00. The molecule has 9 aromatic carbocycles. The van der Waals surface area contributed by atoms with E-state index in [0.717, 1.165) is 61.6 Å². The lowest BCUT2D eigenvalue weighted by atomic mass is 9.33. The van der Waals surface area contributed by atoms with Gasteiger partial charge in [0.05, 0.1) is 19.4 Å². The molecular weight excluding hydrogens is 882 g/mol. The molecule has 9 aromatic rings. The number of hydrogen-bond acceptors (Lipinski definition) is 3. The zero-order valence-electron chi connectivity index (χ0n) is 53.7. The monoisotopic (exact) mass is 958 g/mol. The van der Waals surface area contributed by atoms with Crippen molar-refractivity contribution in [2.24, 2.45) is 0 Å². The van der Waals surface area contributed by atoms with E-state index in [-0.39, 0.29) is 45.5 Å². The minimum Gasteiger partial charge on any atom is -0.311 e. The Morgan fingerprint density at radius 1 is 0.438 bits per heavy atom. The summed E-state index contributed by atoms with van der Waals surface area (Å²) < 4.78 is 91.4. The fourth-order valence-corrected chi connectivity index (χ4v) is 11.6. The van der Waals surface area contributed by atoms with Crippen LogP contribution in [-0.4, -0.2) is 6.71 Å². The van der Waals surface area contributed by atoms with Gasteiger partial charge in [-0.25, -0.2) is 0 Å². The maximum Gasteiger partial charge on any atom is 0.252 e. The van der Waals surface area contributed by atoms with Crippen LogP contribution in [0, 0.1) is 0 Å². The third-order valence-electron chi connectivity index (χ3n) is 15.5. The molecule has 4 heteroatoms. The fourth-order valence-electron chi connectivity index (χ4n) is 11.6. The Kier molecular flexibility index (Phi) is 8.35. The van der Waals surface area contributed by atoms with Crippen molar-refractivity contribution in [3.05, 3.63) is 228 Å². The van der Waals surface area contributed by atoms with Crippen LogP contribution in [-0.2, 0) is 21.7 Å². The Bertz CT molecular complexity index is 4170. The van der Waals surface area contributed by atoms with E-state index in [1.807, 2.05) is 45.0 Å². The predicted octanol–water partition coefficient (Wildman–Crippen LogP) is 17.1. The molecule has 0 aromatic heterocycles. The molecule has 0 amide bonds. The van der Waals surface area contributed by atoms with Crippen LogP contribution < -0.4 is 31.1 Å². The van der Waals surface area contributed by atoms with Gasteiger partial charge >= 0.3 is 0 Å². The average molecular weight is 958 g/mol. The molecule has 12 rings (SSSR count). The summed E-state index contributed by atoms with van der Waals surface area (Å²) in [5.74, 6) is 0. The van der Waals surface area contributed by atoms with Gasteiger partial charge in [-0.15, -0.1) is 0 Å². The zero-order valence-corrected chi connectivity index (χ0v) is 43.7. The van der Waals surface area contributed by atoms with Crippen molar-refractivity contribution in [1.29, 1.82) is 0 Å². The SMILES string of the molecule is [2H]c1c([2H])c([2H])c(-c2cc(C(C)(C)C)ccc2N(c2ccc3c(c2)N(c2ccc4c(c2)C(C)(C)c2ccccc2-4)c2cccc4c2B3c2cc(C(C)(C)C)ccc2N4c2ccc(C(C)(C)C)cc2)c2c([2H])c([2H])c([2H])c([2H])c2[2H])c([2H])c1[2H]. The third-order valence-corrected chi connectivity index (χ3v) is 15.5. The number of fused-ring (bicyclic) bond motifs is 7. The van der Waals surface area contributed by atoms with Gasteiger partial charge < -0.3 is 14.7 Å². The summed E-state index contributed by atoms with van der Waals surface area (Å²) >= 11 is 0. The minimum atomic E-state index is -0.562. The second-order valence-electron chi connectivity index (χ2n) is 23.6. The Hall–Kier alpha value is -7.56. The van der Waals surface area contributed by atoms with Crippen LogP contribution in [0.25, 0.3) is 22.3 Å². The molecule has 0 atom stereocenters. The first-order valence-corrected chi connectivity index (χ1v) is 25.5. The first-order valence-electron chi connectivity index (χ1n) is 30.5. The van der Waals surface area contributed by atoms with Crippen molar-refractivity contribution >= 4 is 74.3 Å². The van der Waals surface area contributed by atoms with Gasteiger partial charge in [-0.2, -0.15) is 0 Å². The Balaban J connectivity index is 1.20.